The summed E-state index contributed by atoms with van der Waals surface area (Å²) in [4.78, 5) is 11.4. The molecule has 0 atom stereocenters. The molecule has 0 spiro atoms. The zero-order valence-corrected chi connectivity index (χ0v) is 9.16. The Balaban J connectivity index is 2.84. The Morgan fingerprint density at radius 1 is 1.14 bits per heavy atom. The van der Waals surface area contributed by atoms with Crippen LogP contribution in [-0.4, -0.2) is 5.97 Å². The molecule has 0 saturated carbocycles. The molecule has 0 bridgehead atoms. The summed E-state index contributed by atoms with van der Waals surface area (Å²) in [5.74, 6) is -0.295. The molecular weight excluding hydrogens is 200 g/mol. The Hall–Kier alpha value is -1.02. The van der Waals surface area contributed by atoms with Crippen LogP contribution in [0.15, 0.2) is 0 Å². The molecule has 0 aliphatic carbocycles. The Bertz CT molecular complexity index is 436. The summed E-state index contributed by atoms with van der Waals surface area (Å²) < 4.78 is 4.97. The van der Waals surface area contributed by atoms with Gasteiger partial charge in [0.1, 0.15) is 6.61 Å². The Kier molecular flexibility index (Phi) is 2.04. The minimum atomic E-state index is -0.295. The van der Waals surface area contributed by atoms with Crippen molar-refractivity contribution in [1.29, 1.82) is 0 Å². The number of carbonyl (C=O) groups is 1. The highest BCUT2D eigenvalue weighted by atomic mass is 35.5. The number of hydrogen-bond donors (Lipinski definition) is 0. The Morgan fingerprint density at radius 2 is 1.79 bits per heavy atom. The molecule has 1 aromatic carbocycles. The van der Waals surface area contributed by atoms with E-state index >= 15 is 0 Å². The van der Waals surface area contributed by atoms with Crippen LogP contribution in [0.1, 0.15) is 32.6 Å². The van der Waals surface area contributed by atoms with Gasteiger partial charge in [-0.2, -0.15) is 0 Å². The predicted molar refractivity (Wildman–Crippen MR) is 54.8 cm³/mol. The first-order valence-electron chi connectivity index (χ1n) is 4.49. The second-order valence-corrected chi connectivity index (χ2v) is 4.00. The minimum absolute atomic E-state index is 0.295. The zero-order chi connectivity index (χ0) is 10.5. The highest BCUT2D eigenvalue weighted by Crippen LogP contribution is 2.35. The molecule has 1 aliphatic rings. The molecule has 1 aromatic rings. The van der Waals surface area contributed by atoms with E-state index < -0.39 is 0 Å². The normalized spacial score (nSPS) is 14.1. The molecule has 0 aromatic heterocycles. The molecule has 2 rings (SSSR count). The molecule has 0 radical (unpaired) electrons. The van der Waals surface area contributed by atoms with E-state index in [9.17, 15) is 4.79 Å². The van der Waals surface area contributed by atoms with Crippen molar-refractivity contribution in [1.82, 2.24) is 0 Å². The highest BCUT2D eigenvalue weighted by Gasteiger charge is 2.28. The number of esters is 1. The fourth-order valence-electron chi connectivity index (χ4n) is 1.78. The van der Waals surface area contributed by atoms with Crippen molar-refractivity contribution in [3.63, 3.8) is 0 Å². The lowest BCUT2D eigenvalue weighted by molar-refractivity contribution is 0.0535. The van der Waals surface area contributed by atoms with Crippen molar-refractivity contribution in [2.75, 3.05) is 0 Å². The maximum atomic E-state index is 11.4. The van der Waals surface area contributed by atoms with Crippen LogP contribution >= 0.6 is 11.6 Å². The summed E-state index contributed by atoms with van der Waals surface area (Å²) in [6.45, 7) is 6.30. The van der Waals surface area contributed by atoms with Crippen molar-refractivity contribution in [3.05, 3.63) is 32.8 Å². The molecule has 0 saturated heterocycles. The molecule has 2 nitrogen and oxygen atoms in total. The molecule has 3 heteroatoms. The third-order valence-corrected chi connectivity index (χ3v) is 3.45. The second kappa shape index (κ2) is 2.99. The lowest BCUT2D eigenvalue weighted by Gasteiger charge is -2.10. The topological polar surface area (TPSA) is 26.3 Å². The molecule has 0 unspecified atom stereocenters. The summed E-state index contributed by atoms with van der Waals surface area (Å²) in [6.07, 6.45) is 0. The predicted octanol–water partition coefficient (Wildman–Crippen LogP) is 2.94. The first kappa shape index (κ1) is 9.53. The number of hydrogen-bond acceptors (Lipinski definition) is 2. The van der Waals surface area contributed by atoms with Crippen LogP contribution in [0.5, 0.6) is 0 Å². The summed E-state index contributed by atoms with van der Waals surface area (Å²) in [5.41, 5.74) is 4.75. The van der Waals surface area contributed by atoms with E-state index in [1.165, 1.54) is 0 Å². The van der Waals surface area contributed by atoms with Crippen molar-refractivity contribution in [2.45, 2.75) is 27.4 Å². The van der Waals surface area contributed by atoms with Gasteiger partial charge in [0.25, 0.3) is 0 Å². The van der Waals surface area contributed by atoms with Gasteiger partial charge >= 0.3 is 5.97 Å². The van der Waals surface area contributed by atoms with Gasteiger partial charge in [-0.05, 0) is 37.5 Å². The van der Waals surface area contributed by atoms with Crippen molar-refractivity contribution in [2.24, 2.45) is 0 Å². The monoisotopic (exact) mass is 210 g/mol. The zero-order valence-electron chi connectivity index (χ0n) is 8.40. The van der Waals surface area contributed by atoms with Crippen LogP contribution in [0.2, 0.25) is 5.02 Å². The number of ether oxygens (including phenoxy) is 1. The van der Waals surface area contributed by atoms with E-state index in [0.717, 1.165) is 22.3 Å². The van der Waals surface area contributed by atoms with Crippen molar-refractivity contribution < 1.29 is 9.53 Å². The molecule has 74 valence electrons. The average molecular weight is 211 g/mol. The number of rotatable bonds is 0. The first-order valence-corrected chi connectivity index (χ1v) is 4.87. The first-order chi connectivity index (χ1) is 6.54. The van der Waals surface area contributed by atoms with Crippen LogP contribution in [0.25, 0.3) is 0 Å². The third-order valence-electron chi connectivity index (χ3n) is 2.98. The smallest absolute Gasteiger partial charge is 0.340 e. The summed E-state index contributed by atoms with van der Waals surface area (Å²) in [7, 11) is 0. The van der Waals surface area contributed by atoms with E-state index in [4.69, 9.17) is 16.3 Å². The van der Waals surface area contributed by atoms with Crippen LogP contribution in [0, 0.1) is 20.8 Å². The molecule has 1 aliphatic heterocycles. The highest BCUT2D eigenvalue weighted by molar-refractivity contribution is 6.34. The molecule has 0 amide bonds. The summed E-state index contributed by atoms with van der Waals surface area (Å²) >= 11 is 6.11. The fourth-order valence-corrected chi connectivity index (χ4v) is 2.12. The van der Waals surface area contributed by atoms with Crippen LogP contribution in [-0.2, 0) is 11.3 Å². The maximum absolute atomic E-state index is 11.4. The van der Waals surface area contributed by atoms with Gasteiger partial charge in [0.2, 0.25) is 0 Å². The fraction of sp³-hybridized carbons (Fsp3) is 0.364. The molecule has 14 heavy (non-hydrogen) atoms. The van der Waals surface area contributed by atoms with E-state index in [2.05, 4.69) is 0 Å². The molecule has 0 N–H and O–H groups in total. The van der Waals surface area contributed by atoms with Gasteiger partial charge in [-0.15, -0.1) is 0 Å². The summed E-state index contributed by atoms with van der Waals surface area (Å²) in [6, 6.07) is 0. The maximum Gasteiger partial charge on any atom is 0.340 e. The lowest BCUT2D eigenvalue weighted by Crippen LogP contribution is -2.00. The van der Waals surface area contributed by atoms with Crippen molar-refractivity contribution >= 4 is 17.6 Å². The van der Waals surface area contributed by atoms with Crippen LogP contribution in [0.4, 0.5) is 0 Å². The lowest BCUT2D eigenvalue weighted by atomic mass is 9.95. The SMILES string of the molecule is Cc1c(C)c(Cl)c2c(c1C)COC2=O. The molecule has 0 fully saturated rings. The summed E-state index contributed by atoms with van der Waals surface area (Å²) in [5, 5.41) is 0.547. The van der Waals surface area contributed by atoms with Gasteiger partial charge in [0, 0.05) is 5.56 Å². The van der Waals surface area contributed by atoms with Gasteiger partial charge in [-0.25, -0.2) is 4.79 Å². The largest absolute Gasteiger partial charge is 0.457 e. The second-order valence-electron chi connectivity index (χ2n) is 3.62. The number of benzene rings is 1. The minimum Gasteiger partial charge on any atom is -0.457 e. The van der Waals surface area contributed by atoms with E-state index in [1.807, 2.05) is 20.8 Å². The number of cyclic esters (lactones) is 1. The van der Waals surface area contributed by atoms with Crippen LogP contribution in [0.3, 0.4) is 0 Å². The van der Waals surface area contributed by atoms with Gasteiger partial charge < -0.3 is 4.74 Å². The Morgan fingerprint density at radius 3 is 2.43 bits per heavy atom. The van der Waals surface area contributed by atoms with Crippen molar-refractivity contribution in [3.8, 4) is 0 Å². The average Bonchev–Trinajstić information content (AvgIpc) is 2.54. The van der Waals surface area contributed by atoms with Crippen LogP contribution < -0.4 is 0 Å². The molecular formula is C11H11ClO2. The number of fused-ring (bicyclic) bond motifs is 1. The van der Waals surface area contributed by atoms with E-state index in [1.54, 1.807) is 0 Å². The van der Waals surface area contributed by atoms with Gasteiger partial charge in [-0.3, -0.25) is 0 Å². The third kappa shape index (κ3) is 1.07. The van der Waals surface area contributed by atoms with Gasteiger partial charge in [0.05, 0.1) is 10.6 Å². The van der Waals surface area contributed by atoms with E-state index in [0.29, 0.717) is 17.2 Å². The Labute approximate surface area is 87.8 Å². The number of halogens is 1. The quantitative estimate of drug-likeness (QED) is 0.616. The van der Waals surface area contributed by atoms with Gasteiger partial charge in [0.15, 0.2) is 0 Å². The number of carbonyl (C=O) groups excluding carboxylic acids is 1. The molecule has 1 heterocycles. The van der Waals surface area contributed by atoms with E-state index in [-0.39, 0.29) is 5.97 Å². The van der Waals surface area contributed by atoms with Gasteiger partial charge in [-0.1, -0.05) is 11.6 Å². The standard InChI is InChI=1S/C11H11ClO2/c1-5-6(2)8-4-14-11(13)9(8)10(12)7(5)3/h4H2,1-3H3.